The molecule has 3 N–H and O–H groups in total. The number of rotatable bonds is 8. The molecule has 0 saturated carbocycles. The number of halogens is 1. The number of H-pyrrole nitrogens is 1. The van der Waals surface area contributed by atoms with Crippen molar-refractivity contribution in [2.75, 3.05) is 33.4 Å². The van der Waals surface area contributed by atoms with Crippen molar-refractivity contribution in [3.63, 3.8) is 0 Å². The maximum absolute atomic E-state index is 11.8. The van der Waals surface area contributed by atoms with Crippen molar-refractivity contribution in [2.45, 2.75) is 6.42 Å². The zero-order valence-electron chi connectivity index (χ0n) is 12.0. The number of fused-ring (bicyclic) bond motifs is 1. The van der Waals surface area contributed by atoms with Gasteiger partial charge in [-0.1, -0.05) is 18.2 Å². The fraction of sp³-hybridized carbons (Fsp3) is 0.429. The van der Waals surface area contributed by atoms with Crippen LogP contribution in [0.3, 0.4) is 0 Å². The van der Waals surface area contributed by atoms with E-state index in [-0.39, 0.29) is 18.3 Å². The summed E-state index contributed by atoms with van der Waals surface area (Å²) in [7, 11) is 1.66. The molecule has 0 bridgehead atoms. The second-order valence-corrected chi connectivity index (χ2v) is 4.49. The predicted octanol–water partition coefficient (Wildman–Crippen LogP) is 0.879. The molecule has 1 aromatic heterocycles. The molecule has 1 amide bonds. The fourth-order valence-corrected chi connectivity index (χ4v) is 1.96. The second kappa shape index (κ2) is 9.33. The third-order valence-corrected chi connectivity index (χ3v) is 2.98. The number of hydrogen-bond donors (Lipinski definition) is 3. The maximum atomic E-state index is 11.8. The molecule has 0 atom stereocenters. The lowest BCUT2D eigenvalue weighted by Gasteiger charge is -2.06. The highest BCUT2D eigenvalue weighted by molar-refractivity contribution is 5.87. The number of aromatic amines is 1. The van der Waals surface area contributed by atoms with Crippen LogP contribution in [0.5, 0.6) is 0 Å². The summed E-state index contributed by atoms with van der Waals surface area (Å²) in [5, 5.41) is 14.1. The Morgan fingerprint density at radius 2 is 2.10 bits per heavy atom. The van der Waals surface area contributed by atoms with E-state index in [1.54, 1.807) is 7.11 Å². The van der Waals surface area contributed by atoms with Crippen molar-refractivity contribution in [2.24, 2.45) is 0 Å². The van der Waals surface area contributed by atoms with Crippen LogP contribution >= 0.6 is 12.4 Å². The van der Waals surface area contributed by atoms with Crippen molar-refractivity contribution in [1.82, 2.24) is 20.8 Å². The smallest absolute Gasteiger partial charge is 0.226 e. The van der Waals surface area contributed by atoms with E-state index in [0.29, 0.717) is 19.6 Å². The maximum Gasteiger partial charge on any atom is 0.226 e. The van der Waals surface area contributed by atoms with Crippen molar-refractivity contribution < 1.29 is 9.53 Å². The predicted molar refractivity (Wildman–Crippen MR) is 84.8 cm³/mol. The van der Waals surface area contributed by atoms with E-state index in [9.17, 15) is 4.79 Å². The van der Waals surface area contributed by atoms with E-state index in [2.05, 4.69) is 20.8 Å². The second-order valence-electron chi connectivity index (χ2n) is 4.49. The average Bonchev–Trinajstić information content (AvgIpc) is 2.86. The molecule has 1 heterocycles. The summed E-state index contributed by atoms with van der Waals surface area (Å²) in [4.78, 5) is 11.8. The van der Waals surface area contributed by atoms with Gasteiger partial charge >= 0.3 is 0 Å². The van der Waals surface area contributed by atoms with Gasteiger partial charge in [-0.2, -0.15) is 5.10 Å². The molecule has 0 aliphatic rings. The van der Waals surface area contributed by atoms with Crippen LogP contribution in [-0.2, 0) is 16.0 Å². The molecule has 0 aliphatic heterocycles. The van der Waals surface area contributed by atoms with Crippen LogP contribution in [0.1, 0.15) is 5.69 Å². The van der Waals surface area contributed by atoms with Crippen molar-refractivity contribution in [3.05, 3.63) is 30.0 Å². The van der Waals surface area contributed by atoms with Crippen LogP contribution in [0.2, 0.25) is 0 Å². The van der Waals surface area contributed by atoms with Gasteiger partial charge in [-0.15, -0.1) is 12.4 Å². The lowest BCUT2D eigenvalue weighted by Crippen LogP contribution is -2.33. The SMILES string of the molecule is COCCNCCNC(=O)Cc1[nH]nc2ccccc12.Cl. The van der Waals surface area contributed by atoms with E-state index in [0.717, 1.165) is 29.7 Å². The first-order chi connectivity index (χ1) is 9.81. The summed E-state index contributed by atoms with van der Waals surface area (Å²) in [5.74, 6) is -0.00653. The van der Waals surface area contributed by atoms with Gasteiger partial charge < -0.3 is 15.4 Å². The number of nitrogens with one attached hydrogen (secondary N) is 3. The van der Waals surface area contributed by atoms with Crippen molar-refractivity contribution >= 4 is 29.2 Å². The zero-order valence-corrected chi connectivity index (χ0v) is 12.8. The summed E-state index contributed by atoms with van der Waals surface area (Å²) in [6, 6.07) is 7.76. The van der Waals surface area contributed by atoms with Crippen LogP contribution in [0.25, 0.3) is 10.9 Å². The Morgan fingerprint density at radius 1 is 1.29 bits per heavy atom. The minimum absolute atomic E-state index is 0. The lowest BCUT2D eigenvalue weighted by molar-refractivity contribution is -0.120. The number of benzene rings is 1. The van der Waals surface area contributed by atoms with Gasteiger partial charge in [-0.25, -0.2) is 0 Å². The van der Waals surface area contributed by atoms with Crippen LogP contribution in [-0.4, -0.2) is 49.5 Å². The van der Waals surface area contributed by atoms with Gasteiger partial charge in [0.2, 0.25) is 5.91 Å². The average molecular weight is 313 g/mol. The van der Waals surface area contributed by atoms with E-state index < -0.39 is 0 Å². The number of nitrogens with zero attached hydrogens (tertiary/aromatic N) is 1. The Balaban J connectivity index is 0.00000220. The fourth-order valence-electron chi connectivity index (χ4n) is 1.96. The number of carbonyl (C=O) groups excluding carboxylic acids is 1. The first kappa shape index (κ1) is 17.4. The number of hydrogen-bond acceptors (Lipinski definition) is 4. The summed E-state index contributed by atoms with van der Waals surface area (Å²) < 4.78 is 4.92. The Hall–Kier alpha value is -1.63. The zero-order chi connectivity index (χ0) is 14.2. The van der Waals surface area contributed by atoms with Gasteiger partial charge in [0, 0.05) is 32.1 Å². The van der Waals surface area contributed by atoms with Crippen LogP contribution in [0.15, 0.2) is 24.3 Å². The molecule has 0 fully saturated rings. The summed E-state index contributed by atoms with van der Waals surface area (Å²) in [6.07, 6.45) is 0.318. The van der Waals surface area contributed by atoms with Crippen LogP contribution in [0, 0.1) is 0 Å². The minimum Gasteiger partial charge on any atom is -0.383 e. The normalized spacial score (nSPS) is 10.3. The molecular formula is C14H21ClN4O2. The topological polar surface area (TPSA) is 79.0 Å². The Kier molecular flexibility index (Phi) is 7.74. The van der Waals surface area contributed by atoms with Gasteiger partial charge in [0.05, 0.1) is 24.2 Å². The number of methoxy groups -OCH3 is 1. The molecule has 6 nitrogen and oxygen atoms in total. The van der Waals surface area contributed by atoms with Crippen LogP contribution < -0.4 is 10.6 Å². The highest BCUT2D eigenvalue weighted by Gasteiger charge is 2.08. The van der Waals surface area contributed by atoms with E-state index >= 15 is 0 Å². The molecule has 0 radical (unpaired) electrons. The highest BCUT2D eigenvalue weighted by Crippen LogP contribution is 2.15. The monoisotopic (exact) mass is 312 g/mol. The Labute approximate surface area is 130 Å². The molecule has 0 saturated heterocycles. The van der Waals surface area contributed by atoms with E-state index in [1.807, 2.05) is 24.3 Å². The summed E-state index contributed by atoms with van der Waals surface area (Å²) >= 11 is 0. The molecule has 2 rings (SSSR count). The van der Waals surface area contributed by atoms with Crippen molar-refractivity contribution in [1.29, 1.82) is 0 Å². The number of amides is 1. The Bertz CT molecular complexity index is 559. The summed E-state index contributed by atoms with van der Waals surface area (Å²) in [5.41, 5.74) is 1.74. The quantitative estimate of drug-likeness (QED) is 0.632. The third-order valence-electron chi connectivity index (χ3n) is 2.98. The summed E-state index contributed by atoms with van der Waals surface area (Å²) in [6.45, 7) is 2.80. The molecule has 0 aliphatic carbocycles. The number of ether oxygens (including phenoxy) is 1. The standard InChI is InChI=1S/C14H20N4O2.ClH/c1-20-9-8-15-6-7-16-14(19)10-13-11-4-2-3-5-12(11)17-18-13;/h2-5,15H,6-10H2,1H3,(H,16,19)(H,17,18);1H. The van der Waals surface area contributed by atoms with Gasteiger partial charge in [-0.05, 0) is 6.07 Å². The molecule has 0 spiro atoms. The molecule has 116 valence electrons. The largest absolute Gasteiger partial charge is 0.383 e. The number of aromatic nitrogens is 2. The molecular weight excluding hydrogens is 292 g/mol. The van der Waals surface area contributed by atoms with Crippen LogP contribution in [0.4, 0.5) is 0 Å². The molecule has 0 unspecified atom stereocenters. The van der Waals surface area contributed by atoms with Crippen molar-refractivity contribution in [3.8, 4) is 0 Å². The highest BCUT2D eigenvalue weighted by atomic mass is 35.5. The lowest BCUT2D eigenvalue weighted by atomic mass is 10.1. The number of para-hydroxylation sites is 1. The Morgan fingerprint density at radius 3 is 2.90 bits per heavy atom. The van der Waals surface area contributed by atoms with Gasteiger partial charge in [0.25, 0.3) is 0 Å². The van der Waals surface area contributed by atoms with Gasteiger partial charge in [0.1, 0.15) is 0 Å². The first-order valence-corrected chi connectivity index (χ1v) is 6.69. The van der Waals surface area contributed by atoms with E-state index in [1.165, 1.54) is 0 Å². The number of carbonyl (C=O) groups is 1. The molecule has 7 heteroatoms. The molecule has 21 heavy (non-hydrogen) atoms. The van der Waals surface area contributed by atoms with Gasteiger partial charge in [0.15, 0.2) is 0 Å². The van der Waals surface area contributed by atoms with Gasteiger partial charge in [-0.3, -0.25) is 9.89 Å². The van der Waals surface area contributed by atoms with E-state index in [4.69, 9.17) is 4.74 Å². The third kappa shape index (κ3) is 5.34. The first-order valence-electron chi connectivity index (χ1n) is 6.69. The molecule has 1 aromatic carbocycles. The molecule has 2 aromatic rings. The minimum atomic E-state index is -0.00653.